The predicted molar refractivity (Wildman–Crippen MR) is 96.7 cm³/mol. The Kier molecular flexibility index (Phi) is 12.9. The van der Waals surface area contributed by atoms with Crippen LogP contribution in [0.25, 0.3) is 0 Å². The molecule has 0 radical (unpaired) electrons. The standard InChI is InChI=1S/C18F39N2O/c19-2(20,1(60)58(57)14(44,45)12(39,40)15(46,47)59(16(48,49)50,17(51,52)53)18(54,55)56)3(21,22)4(23,24)5(25,26)6(27,28)7(29,30)8(31,32)9(33,34)10(35,36)11(37,38)13(41,42)43/q+1. The van der Waals surface area contributed by atoms with Gasteiger partial charge in [0, 0.05) is 4.48 Å². The number of halogens is 39. The van der Waals surface area contributed by atoms with Gasteiger partial charge in [-0.15, -0.1) is 48.3 Å². The van der Waals surface area contributed by atoms with Crippen LogP contribution in [0.15, 0.2) is 0 Å². The van der Waals surface area contributed by atoms with Crippen LogP contribution < -0.4 is 0 Å². The highest BCUT2D eigenvalue weighted by Gasteiger charge is 3.03. The molecule has 0 atom stereocenters. The second kappa shape index (κ2) is 13.6. The molecule has 0 spiro atoms. The van der Waals surface area contributed by atoms with E-state index in [4.69, 9.17) is 0 Å². The van der Waals surface area contributed by atoms with Gasteiger partial charge in [-0.3, -0.25) is 4.79 Å². The third-order valence-corrected chi connectivity index (χ3v) is 6.92. The van der Waals surface area contributed by atoms with Crippen molar-refractivity contribution in [2.75, 3.05) is 0 Å². The third kappa shape index (κ3) is 6.42. The van der Waals surface area contributed by atoms with E-state index in [9.17, 15) is 176 Å². The second-order valence-electron chi connectivity index (χ2n) is 10.6. The lowest BCUT2D eigenvalue weighted by Gasteiger charge is -2.46. The van der Waals surface area contributed by atoms with Crippen molar-refractivity contribution in [2.24, 2.45) is 0 Å². The first-order chi connectivity index (χ1) is 25.1. The molecule has 0 aliphatic heterocycles. The Hall–Kier alpha value is -3.30. The fourth-order valence-electron chi connectivity index (χ4n) is 3.56. The summed E-state index contributed by atoms with van der Waals surface area (Å²) in [7, 11) is 0. The van der Waals surface area contributed by atoms with E-state index in [1.165, 1.54) is 0 Å². The van der Waals surface area contributed by atoms with Gasteiger partial charge in [-0.25, -0.2) is 0 Å². The maximum absolute atomic E-state index is 13.9. The second-order valence-corrected chi connectivity index (χ2v) is 10.6. The largest absolute Gasteiger partial charge is 0.581 e. The zero-order valence-electron chi connectivity index (χ0n) is 25.0. The first-order valence-electron chi connectivity index (χ1n) is 12.1. The number of amides is 1. The molecule has 0 saturated heterocycles. The van der Waals surface area contributed by atoms with Gasteiger partial charge in [0.25, 0.3) is 0 Å². The number of carbonyl (C=O) groups is 1. The monoisotopic (exact) mass is 1000 g/mol. The summed E-state index contributed by atoms with van der Waals surface area (Å²) in [4.78, 5) is 11.1. The predicted octanol–water partition coefficient (Wildman–Crippen LogP) is 11.8. The average Bonchev–Trinajstić information content (AvgIpc) is 2.96. The molecule has 0 aromatic heterocycles. The Morgan fingerprint density at radius 1 is 0.300 bits per heavy atom. The van der Waals surface area contributed by atoms with Crippen LogP contribution >= 0.6 is 0 Å². The van der Waals surface area contributed by atoms with Crippen molar-refractivity contribution in [1.29, 1.82) is 0 Å². The van der Waals surface area contributed by atoms with Crippen molar-refractivity contribution < 1.29 is 181 Å². The minimum absolute atomic E-state index is 5.61. The molecular weight excluding hydrogens is 1000 g/mol. The Morgan fingerprint density at radius 2 is 0.500 bits per heavy atom. The van der Waals surface area contributed by atoms with Gasteiger partial charge < -0.3 is 0 Å². The summed E-state index contributed by atoms with van der Waals surface area (Å²) in [6.07, 6.45) is -36.5. The summed E-state index contributed by atoms with van der Waals surface area (Å²) in [6, 6.07) is -19.8. The molecule has 0 unspecified atom stereocenters. The number of quaternary nitrogens is 1. The third-order valence-electron chi connectivity index (χ3n) is 6.92. The molecule has 0 aliphatic carbocycles. The quantitative estimate of drug-likeness (QED) is 0.0735. The molecule has 1 amide bonds. The highest BCUT2D eigenvalue weighted by Crippen LogP contribution is 2.68. The van der Waals surface area contributed by atoms with Gasteiger partial charge in [-0.05, 0) is 0 Å². The molecule has 0 rings (SSSR count). The van der Waals surface area contributed by atoms with E-state index in [1.807, 2.05) is 0 Å². The fourth-order valence-corrected chi connectivity index (χ4v) is 3.56. The Balaban J connectivity index is 7.85. The minimum atomic E-state index is -10.3. The van der Waals surface area contributed by atoms with Crippen molar-refractivity contribution in [2.45, 2.75) is 102 Å². The molecule has 0 aromatic rings. The van der Waals surface area contributed by atoms with Crippen molar-refractivity contribution in [3.63, 3.8) is 0 Å². The number of nitrogens with zero attached hydrogens (tertiary/aromatic N) is 2. The summed E-state index contributed by atoms with van der Waals surface area (Å²) < 4.78 is 512. The van der Waals surface area contributed by atoms with Crippen LogP contribution in [0.1, 0.15) is 0 Å². The summed E-state index contributed by atoms with van der Waals surface area (Å²) in [6.45, 7) is 0. The van der Waals surface area contributed by atoms with E-state index in [2.05, 4.69) is 0 Å². The van der Waals surface area contributed by atoms with Gasteiger partial charge in [0.1, 0.15) is 0 Å². The first-order valence-corrected chi connectivity index (χ1v) is 12.1. The van der Waals surface area contributed by atoms with Crippen LogP contribution in [0.4, 0.5) is 171 Å². The highest BCUT2D eigenvalue weighted by atomic mass is 19.5. The molecule has 0 aromatic carbocycles. The van der Waals surface area contributed by atoms with Crippen LogP contribution in [-0.4, -0.2) is 118 Å². The van der Waals surface area contributed by atoms with Crippen LogP contribution in [0, 0.1) is 0 Å². The molecular formula is C18F39N2O+. The lowest BCUT2D eigenvalue weighted by atomic mass is 9.85. The van der Waals surface area contributed by atoms with E-state index in [1.54, 1.807) is 0 Å². The van der Waals surface area contributed by atoms with Gasteiger partial charge in [0.2, 0.25) is 0 Å². The lowest BCUT2D eigenvalue weighted by Crippen LogP contribution is -2.85. The van der Waals surface area contributed by atoms with Crippen LogP contribution in [0.2, 0.25) is 0 Å². The van der Waals surface area contributed by atoms with Crippen molar-refractivity contribution >= 4 is 5.91 Å². The van der Waals surface area contributed by atoms with E-state index in [-0.39, 0.29) is 0 Å². The molecule has 0 fully saturated rings. The smallest absolute Gasteiger partial charge is 0.265 e. The van der Waals surface area contributed by atoms with Gasteiger partial charge in [0.05, 0.1) is 0 Å². The summed E-state index contributed by atoms with van der Waals surface area (Å²) >= 11 is 0. The Labute approximate surface area is 295 Å². The van der Waals surface area contributed by atoms with Gasteiger partial charge >= 0.3 is 108 Å². The first kappa shape index (κ1) is 56.7. The van der Waals surface area contributed by atoms with Crippen LogP contribution in [-0.2, 0) is 4.79 Å². The molecule has 360 valence electrons. The SMILES string of the molecule is O=C(N(F)C(F)(F)C(F)(F)C(F)(F)[N+](C(F)(F)F)(C(F)(F)F)C(F)(F)F)C(F)(F)C(F)(F)C(F)(F)C(F)(F)C(F)(F)C(F)(F)C(F)(F)C(F)(F)C(F)(F)C(F)(F)C(F)(F)F. The summed E-state index contributed by atoms with van der Waals surface area (Å²) in [5.41, 5.74) is 0. The number of hydrogen-bond acceptors (Lipinski definition) is 1. The van der Waals surface area contributed by atoms with E-state index in [0.29, 0.717) is 0 Å². The fraction of sp³-hybridized carbons (Fsp3) is 0.944. The average molecular weight is 1000 g/mol. The Morgan fingerprint density at radius 3 is 0.700 bits per heavy atom. The zero-order chi connectivity index (χ0) is 50.2. The number of alkyl halides is 38. The van der Waals surface area contributed by atoms with E-state index in [0.717, 1.165) is 0 Å². The normalized spacial score (nSPS) is 17.0. The number of hydrogen-bond donors (Lipinski definition) is 0. The maximum Gasteiger partial charge on any atom is 0.581 e. The van der Waals surface area contributed by atoms with Gasteiger partial charge in [-0.2, -0.15) is 119 Å². The molecule has 3 nitrogen and oxygen atoms in total. The minimum Gasteiger partial charge on any atom is -0.265 e. The molecule has 0 N–H and O–H groups in total. The maximum atomic E-state index is 13.9. The summed E-state index contributed by atoms with van der Waals surface area (Å²) in [5.74, 6) is -116. The molecule has 60 heavy (non-hydrogen) atoms. The van der Waals surface area contributed by atoms with Crippen molar-refractivity contribution in [1.82, 2.24) is 5.12 Å². The lowest BCUT2D eigenvalue weighted by molar-refractivity contribution is -1.22. The van der Waals surface area contributed by atoms with Crippen molar-refractivity contribution in [3.8, 4) is 0 Å². The summed E-state index contributed by atoms with van der Waals surface area (Å²) in [5, 5.41) is -5.61. The van der Waals surface area contributed by atoms with Crippen LogP contribution in [0.3, 0.4) is 0 Å². The zero-order valence-corrected chi connectivity index (χ0v) is 25.0. The molecule has 0 aliphatic rings. The van der Waals surface area contributed by atoms with Gasteiger partial charge in [-0.1, -0.05) is 9.60 Å². The molecule has 0 heterocycles. The van der Waals surface area contributed by atoms with E-state index < -0.39 is 118 Å². The molecule has 0 bridgehead atoms. The highest BCUT2D eigenvalue weighted by molar-refractivity contribution is 5.84. The molecule has 0 saturated carbocycles. The molecule has 42 heteroatoms. The van der Waals surface area contributed by atoms with Crippen LogP contribution in [0.5, 0.6) is 0 Å². The van der Waals surface area contributed by atoms with E-state index >= 15 is 0 Å². The van der Waals surface area contributed by atoms with Gasteiger partial charge in [0.15, 0.2) is 0 Å². The Bertz CT molecular complexity index is 1550. The number of carbonyl (C=O) groups excluding carboxylic acids is 1. The van der Waals surface area contributed by atoms with Crippen molar-refractivity contribution in [3.05, 3.63) is 0 Å². The topological polar surface area (TPSA) is 20.3 Å². The number of rotatable bonds is 14.